The van der Waals surface area contributed by atoms with Crippen molar-refractivity contribution in [1.29, 1.82) is 0 Å². The molecule has 17 heavy (non-hydrogen) atoms. The third kappa shape index (κ3) is 4.30. The Morgan fingerprint density at radius 3 is 2.47 bits per heavy atom. The van der Waals surface area contributed by atoms with Gasteiger partial charge in [0.1, 0.15) is 0 Å². The van der Waals surface area contributed by atoms with Crippen LogP contribution in [0.15, 0.2) is 24.3 Å². The van der Waals surface area contributed by atoms with Gasteiger partial charge in [0.15, 0.2) is 0 Å². The molecule has 0 amide bonds. The van der Waals surface area contributed by atoms with E-state index in [1.54, 1.807) is 0 Å². The minimum absolute atomic E-state index is 0.210. The van der Waals surface area contributed by atoms with E-state index in [4.69, 9.17) is 17.3 Å². The minimum atomic E-state index is 0.210. The number of nitrogens with zero attached hydrogens (tertiary/aromatic N) is 1. The summed E-state index contributed by atoms with van der Waals surface area (Å²) in [4.78, 5) is 2.27. The summed E-state index contributed by atoms with van der Waals surface area (Å²) < 4.78 is 0. The maximum Gasteiger partial charge on any atom is 0.0409 e. The van der Waals surface area contributed by atoms with E-state index in [0.717, 1.165) is 11.6 Å². The van der Waals surface area contributed by atoms with E-state index < -0.39 is 0 Å². The molecule has 1 aromatic carbocycles. The first-order valence-corrected chi connectivity index (χ1v) is 6.51. The Hall–Kier alpha value is -0.570. The number of nitrogens with two attached hydrogens (primary N) is 1. The van der Waals surface area contributed by atoms with Crippen LogP contribution in [-0.4, -0.2) is 24.5 Å². The predicted octanol–water partition coefficient (Wildman–Crippen LogP) is 3.32. The van der Waals surface area contributed by atoms with Crippen LogP contribution in [-0.2, 0) is 0 Å². The third-order valence-corrected chi connectivity index (χ3v) is 3.58. The first kappa shape index (κ1) is 14.5. The zero-order valence-electron chi connectivity index (χ0n) is 11.2. The van der Waals surface area contributed by atoms with Gasteiger partial charge in [0.25, 0.3) is 0 Å². The zero-order chi connectivity index (χ0) is 13.0. The molecule has 0 saturated heterocycles. The van der Waals surface area contributed by atoms with Gasteiger partial charge in [-0.2, -0.15) is 0 Å². The Labute approximate surface area is 110 Å². The molecule has 2 atom stereocenters. The fraction of sp³-hybridized carbons (Fsp3) is 0.571. The van der Waals surface area contributed by atoms with E-state index in [9.17, 15) is 0 Å². The molecule has 2 unspecified atom stereocenters. The molecule has 0 aliphatic carbocycles. The van der Waals surface area contributed by atoms with Crippen LogP contribution < -0.4 is 5.73 Å². The van der Waals surface area contributed by atoms with Crippen LogP contribution in [0.5, 0.6) is 0 Å². The highest BCUT2D eigenvalue weighted by molar-refractivity contribution is 6.30. The van der Waals surface area contributed by atoms with E-state index in [1.807, 2.05) is 18.2 Å². The maximum absolute atomic E-state index is 6.10. The second kappa shape index (κ2) is 6.39. The highest BCUT2D eigenvalue weighted by Gasteiger charge is 2.16. The molecule has 0 aliphatic rings. The van der Waals surface area contributed by atoms with E-state index in [1.165, 1.54) is 5.56 Å². The van der Waals surface area contributed by atoms with Crippen LogP contribution in [0.3, 0.4) is 0 Å². The Balaban J connectivity index is 2.66. The molecule has 0 fully saturated rings. The van der Waals surface area contributed by atoms with Crippen LogP contribution in [0.2, 0.25) is 5.02 Å². The van der Waals surface area contributed by atoms with Gasteiger partial charge in [0, 0.05) is 23.7 Å². The molecule has 3 heteroatoms. The third-order valence-electron chi connectivity index (χ3n) is 3.35. The molecule has 1 aromatic rings. The van der Waals surface area contributed by atoms with Crippen LogP contribution in [0.25, 0.3) is 0 Å². The van der Waals surface area contributed by atoms with Crippen molar-refractivity contribution in [3.8, 4) is 0 Å². The second-order valence-electron chi connectivity index (χ2n) is 5.08. The number of halogens is 1. The predicted molar refractivity (Wildman–Crippen MR) is 75.3 cm³/mol. The van der Waals surface area contributed by atoms with Gasteiger partial charge < -0.3 is 5.73 Å². The lowest BCUT2D eigenvalue weighted by molar-refractivity contribution is 0.227. The van der Waals surface area contributed by atoms with Crippen molar-refractivity contribution >= 4 is 11.6 Å². The fourth-order valence-corrected chi connectivity index (χ4v) is 1.92. The Bertz CT molecular complexity index is 352. The standard InChI is InChI=1S/C14H23ClN2/c1-10(2)14(16)9-17(4)11(3)12-6-5-7-13(15)8-12/h5-8,10-11,14H,9,16H2,1-4H3. The average Bonchev–Trinajstić information content (AvgIpc) is 2.27. The van der Waals surface area contributed by atoms with Crippen LogP contribution in [0.4, 0.5) is 0 Å². The molecule has 0 bridgehead atoms. The summed E-state index contributed by atoms with van der Waals surface area (Å²) in [6.45, 7) is 7.38. The molecule has 0 aliphatic heterocycles. The summed E-state index contributed by atoms with van der Waals surface area (Å²) in [6.07, 6.45) is 0. The first-order chi connectivity index (χ1) is 7.91. The summed E-state index contributed by atoms with van der Waals surface area (Å²) in [5, 5.41) is 0.788. The van der Waals surface area contributed by atoms with Gasteiger partial charge in [-0.05, 0) is 37.6 Å². The molecule has 2 nitrogen and oxygen atoms in total. The monoisotopic (exact) mass is 254 g/mol. The minimum Gasteiger partial charge on any atom is -0.326 e. The number of benzene rings is 1. The van der Waals surface area contributed by atoms with Crippen molar-refractivity contribution in [3.05, 3.63) is 34.9 Å². The molecule has 2 N–H and O–H groups in total. The quantitative estimate of drug-likeness (QED) is 0.874. The lowest BCUT2D eigenvalue weighted by atomic mass is 10.0. The summed E-state index contributed by atoms with van der Waals surface area (Å²) in [5.74, 6) is 0.504. The number of rotatable bonds is 5. The Morgan fingerprint density at radius 1 is 1.29 bits per heavy atom. The molecular formula is C14H23ClN2. The van der Waals surface area contributed by atoms with Crippen LogP contribution in [0.1, 0.15) is 32.4 Å². The highest BCUT2D eigenvalue weighted by atomic mass is 35.5. The molecule has 0 heterocycles. The number of hydrogen-bond donors (Lipinski definition) is 1. The first-order valence-electron chi connectivity index (χ1n) is 6.13. The van der Waals surface area contributed by atoms with Crippen molar-refractivity contribution < 1.29 is 0 Å². The zero-order valence-corrected chi connectivity index (χ0v) is 11.9. The Kier molecular flexibility index (Phi) is 5.44. The van der Waals surface area contributed by atoms with E-state index in [-0.39, 0.29) is 6.04 Å². The summed E-state index contributed by atoms with van der Waals surface area (Å²) >= 11 is 6.01. The van der Waals surface area contributed by atoms with Gasteiger partial charge in [-0.1, -0.05) is 37.6 Å². The molecule has 0 saturated carbocycles. The SMILES string of the molecule is CC(C)C(N)CN(C)C(C)c1cccc(Cl)c1. The largest absolute Gasteiger partial charge is 0.326 e. The van der Waals surface area contributed by atoms with Gasteiger partial charge in [0.05, 0.1) is 0 Å². The lowest BCUT2D eigenvalue weighted by Crippen LogP contribution is -2.39. The average molecular weight is 255 g/mol. The second-order valence-corrected chi connectivity index (χ2v) is 5.51. The van der Waals surface area contributed by atoms with Crippen LogP contribution >= 0.6 is 11.6 Å². The van der Waals surface area contributed by atoms with Crippen molar-refractivity contribution in [3.63, 3.8) is 0 Å². The van der Waals surface area contributed by atoms with Crippen molar-refractivity contribution in [2.45, 2.75) is 32.9 Å². The maximum atomic E-state index is 6.10. The van der Waals surface area contributed by atoms with E-state index in [2.05, 4.69) is 38.8 Å². The lowest BCUT2D eigenvalue weighted by Gasteiger charge is -2.29. The van der Waals surface area contributed by atoms with E-state index in [0.29, 0.717) is 12.0 Å². The van der Waals surface area contributed by atoms with Crippen molar-refractivity contribution in [1.82, 2.24) is 4.90 Å². The normalized spacial score (nSPS) is 15.3. The molecule has 0 radical (unpaired) electrons. The number of likely N-dealkylation sites (N-methyl/N-ethyl adjacent to an activating group) is 1. The molecule has 0 spiro atoms. The summed E-state index contributed by atoms with van der Waals surface area (Å²) in [6, 6.07) is 8.56. The van der Waals surface area contributed by atoms with Gasteiger partial charge in [-0.25, -0.2) is 0 Å². The van der Waals surface area contributed by atoms with Gasteiger partial charge in [-0.3, -0.25) is 4.90 Å². The fourth-order valence-electron chi connectivity index (χ4n) is 1.72. The van der Waals surface area contributed by atoms with Gasteiger partial charge >= 0.3 is 0 Å². The van der Waals surface area contributed by atoms with Crippen molar-refractivity contribution in [2.75, 3.05) is 13.6 Å². The van der Waals surface area contributed by atoms with Crippen LogP contribution in [0, 0.1) is 5.92 Å². The molecular weight excluding hydrogens is 232 g/mol. The van der Waals surface area contributed by atoms with Crippen molar-refractivity contribution in [2.24, 2.45) is 11.7 Å². The topological polar surface area (TPSA) is 29.3 Å². The van der Waals surface area contributed by atoms with E-state index >= 15 is 0 Å². The smallest absolute Gasteiger partial charge is 0.0409 e. The molecule has 0 aromatic heterocycles. The number of hydrogen-bond acceptors (Lipinski definition) is 2. The molecule has 1 rings (SSSR count). The Morgan fingerprint density at radius 2 is 1.94 bits per heavy atom. The van der Waals surface area contributed by atoms with Gasteiger partial charge in [0.2, 0.25) is 0 Å². The summed E-state index contributed by atoms with van der Waals surface area (Å²) in [7, 11) is 2.10. The summed E-state index contributed by atoms with van der Waals surface area (Å²) in [5.41, 5.74) is 7.33. The highest BCUT2D eigenvalue weighted by Crippen LogP contribution is 2.22. The van der Waals surface area contributed by atoms with Gasteiger partial charge in [-0.15, -0.1) is 0 Å². The molecule has 96 valence electrons.